The van der Waals surface area contributed by atoms with Gasteiger partial charge in [0, 0.05) is 19.2 Å². The first kappa shape index (κ1) is 19.1. The van der Waals surface area contributed by atoms with Gasteiger partial charge in [-0.2, -0.15) is 0 Å². The Kier molecular flexibility index (Phi) is 6.67. The number of methoxy groups -OCH3 is 1. The van der Waals surface area contributed by atoms with Gasteiger partial charge in [-0.05, 0) is 42.3 Å². The summed E-state index contributed by atoms with van der Waals surface area (Å²) in [5, 5.41) is 4.23. The molecule has 0 atom stereocenters. The van der Waals surface area contributed by atoms with Gasteiger partial charge in [0.2, 0.25) is 0 Å². The van der Waals surface area contributed by atoms with Crippen molar-refractivity contribution in [1.82, 2.24) is 0 Å². The molecule has 0 aromatic heterocycles. The Morgan fingerprint density at radius 3 is 2.48 bits per heavy atom. The summed E-state index contributed by atoms with van der Waals surface area (Å²) in [6.07, 6.45) is 0.718. The highest BCUT2D eigenvalue weighted by molar-refractivity contribution is 6.42. The summed E-state index contributed by atoms with van der Waals surface area (Å²) in [6.45, 7) is 1.88. The fraction of sp³-hybridized carbons (Fsp3) is 0.222. The second-order valence-electron chi connectivity index (χ2n) is 5.22. The van der Waals surface area contributed by atoms with Gasteiger partial charge in [0.05, 0.1) is 17.2 Å². The Morgan fingerprint density at radius 2 is 1.84 bits per heavy atom. The molecule has 132 valence electrons. The maximum absolute atomic E-state index is 11.9. The summed E-state index contributed by atoms with van der Waals surface area (Å²) in [4.78, 5) is 23.0. The van der Waals surface area contributed by atoms with Gasteiger partial charge in [-0.15, -0.1) is 0 Å². The van der Waals surface area contributed by atoms with Crippen LogP contribution >= 0.6 is 23.2 Å². The summed E-state index contributed by atoms with van der Waals surface area (Å²) < 4.78 is 9.75. The average Bonchev–Trinajstić information content (AvgIpc) is 2.58. The van der Waals surface area contributed by atoms with Gasteiger partial charge in [0.1, 0.15) is 11.3 Å². The highest BCUT2D eigenvalue weighted by Gasteiger charge is 2.15. The van der Waals surface area contributed by atoms with E-state index in [0.717, 1.165) is 12.0 Å². The van der Waals surface area contributed by atoms with Crippen molar-refractivity contribution in [3.63, 3.8) is 0 Å². The van der Waals surface area contributed by atoms with Crippen LogP contribution < -0.4 is 10.1 Å². The molecule has 1 N–H and O–H groups in total. The molecule has 0 saturated heterocycles. The highest BCUT2D eigenvalue weighted by atomic mass is 35.5. The Morgan fingerprint density at radius 1 is 1.08 bits per heavy atom. The maximum Gasteiger partial charge on any atom is 0.341 e. The average molecular weight is 382 g/mol. The molecule has 0 aliphatic heterocycles. The van der Waals surface area contributed by atoms with Gasteiger partial charge in [0.25, 0.3) is 0 Å². The number of benzene rings is 2. The van der Waals surface area contributed by atoms with Crippen molar-refractivity contribution < 1.29 is 19.1 Å². The zero-order valence-electron chi connectivity index (χ0n) is 13.8. The molecule has 0 saturated carbocycles. The molecule has 0 bridgehead atoms. The monoisotopic (exact) mass is 381 g/mol. The first-order valence-electron chi connectivity index (χ1n) is 7.49. The van der Waals surface area contributed by atoms with Crippen LogP contribution in [0.3, 0.4) is 0 Å². The Balaban J connectivity index is 2.07. The van der Waals surface area contributed by atoms with Crippen molar-refractivity contribution in [2.24, 2.45) is 0 Å². The van der Waals surface area contributed by atoms with Crippen molar-refractivity contribution in [1.29, 1.82) is 0 Å². The van der Waals surface area contributed by atoms with Crippen molar-refractivity contribution in [3.8, 4) is 5.75 Å². The van der Waals surface area contributed by atoms with Crippen LogP contribution in [0.25, 0.3) is 0 Å². The summed E-state index contributed by atoms with van der Waals surface area (Å²) in [7, 11) is 1.27. The van der Waals surface area contributed by atoms with E-state index in [1.54, 1.807) is 24.3 Å². The largest absolute Gasteiger partial charge is 0.465 e. The van der Waals surface area contributed by atoms with E-state index in [1.165, 1.54) is 14.0 Å². The number of carbonyl (C=O) groups is 2. The molecule has 5 nitrogen and oxygen atoms in total. The topological polar surface area (TPSA) is 64.6 Å². The van der Waals surface area contributed by atoms with Gasteiger partial charge in [-0.1, -0.05) is 29.3 Å². The lowest BCUT2D eigenvalue weighted by molar-refractivity contribution is -0.131. The zero-order chi connectivity index (χ0) is 18.4. The normalized spacial score (nSPS) is 10.2. The Labute approximate surface area is 155 Å². The molecule has 0 spiro atoms. The van der Waals surface area contributed by atoms with Crippen molar-refractivity contribution in [3.05, 3.63) is 57.6 Å². The van der Waals surface area contributed by atoms with Crippen molar-refractivity contribution >= 4 is 40.8 Å². The van der Waals surface area contributed by atoms with E-state index in [2.05, 4.69) is 5.32 Å². The van der Waals surface area contributed by atoms with Crippen molar-refractivity contribution in [2.75, 3.05) is 19.0 Å². The minimum atomic E-state index is -0.579. The standard InChI is InChI=1S/C18H17Cl2NO4/c1-11(22)25-17-6-4-13(10-14(17)18(23)24-2)21-8-7-12-3-5-15(19)16(20)9-12/h3-6,9-10,21H,7-8H2,1-2H3. The second-order valence-corrected chi connectivity index (χ2v) is 6.04. The minimum Gasteiger partial charge on any atom is -0.465 e. The molecule has 0 aliphatic rings. The van der Waals surface area contributed by atoms with Crippen LogP contribution in [0, 0.1) is 0 Å². The number of anilines is 1. The molecule has 0 aliphatic carbocycles. The fourth-order valence-corrected chi connectivity index (χ4v) is 2.52. The fourth-order valence-electron chi connectivity index (χ4n) is 2.20. The van der Waals surface area contributed by atoms with Gasteiger partial charge < -0.3 is 14.8 Å². The van der Waals surface area contributed by atoms with Crippen LogP contribution in [0.4, 0.5) is 5.69 Å². The zero-order valence-corrected chi connectivity index (χ0v) is 15.3. The van der Waals surface area contributed by atoms with Crippen LogP contribution in [0.2, 0.25) is 10.0 Å². The van der Waals surface area contributed by atoms with E-state index in [1.807, 2.05) is 12.1 Å². The molecule has 0 amide bonds. The summed E-state index contributed by atoms with van der Waals surface area (Å²) in [6, 6.07) is 10.3. The molecule has 2 aromatic rings. The van der Waals surface area contributed by atoms with Crippen molar-refractivity contribution in [2.45, 2.75) is 13.3 Å². The van der Waals surface area contributed by atoms with E-state index < -0.39 is 11.9 Å². The van der Waals surface area contributed by atoms with Gasteiger partial charge in [-0.25, -0.2) is 4.79 Å². The minimum absolute atomic E-state index is 0.161. The van der Waals surface area contributed by atoms with Crippen LogP contribution in [-0.2, 0) is 16.0 Å². The number of rotatable bonds is 6. The number of nitrogens with one attached hydrogen (secondary N) is 1. The summed E-state index contributed by atoms with van der Waals surface area (Å²) in [5.74, 6) is -0.927. The highest BCUT2D eigenvalue weighted by Crippen LogP contribution is 2.25. The maximum atomic E-state index is 11.9. The van der Waals surface area contributed by atoms with E-state index in [-0.39, 0.29) is 11.3 Å². The molecule has 0 fully saturated rings. The predicted octanol–water partition coefficient (Wildman–Crippen LogP) is 4.36. The molecule has 7 heteroatoms. The van der Waals surface area contributed by atoms with Crippen LogP contribution in [0.1, 0.15) is 22.8 Å². The third-order valence-electron chi connectivity index (χ3n) is 3.37. The van der Waals surface area contributed by atoms with Crippen LogP contribution in [-0.4, -0.2) is 25.6 Å². The molecular formula is C18H17Cl2NO4. The Bertz CT molecular complexity index is 793. The number of hydrogen-bond acceptors (Lipinski definition) is 5. The van der Waals surface area contributed by atoms with E-state index in [9.17, 15) is 9.59 Å². The van der Waals surface area contributed by atoms with Gasteiger partial charge in [-0.3, -0.25) is 4.79 Å². The van der Waals surface area contributed by atoms with Crippen LogP contribution in [0.5, 0.6) is 5.75 Å². The number of esters is 2. The lowest BCUT2D eigenvalue weighted by atomic mass is 10.1. The smallest absolute Gasteiger partial charge is 0.341 e. The van der Waals surface area contributed by atoms with E-state index in [4.69, 9.17) is 32.7 Å². The molecule has 2 rings (SSSR count). The first-order valence-corrected chi connectivity index (χ1v) is 8.25. The first-order chi connectivity index (χ1) is 11.9. The summed E-state index contributed by atoms with van der Waals surface area (Å²) in [5.41, 5.74) is 1.92. The molecule has 0 heterocycles. The molecule has 0 radical (unpaired) electrons. The third-order valence-corrected chi connectivity index (χ3v) is 4.10. The number of carbonyl (C=O) groups excluding carboxylic acids is 2. The van der Waals surface area contributed by atoms with E-state index in [0.29, 0.717) is 22.3 Å². The lowest BCUT2D eigenvalue weighted by Crippen LogP contribution is -2.11. The molecule has 25 heavy (non-hydrogen) atoms. The van der Waals surface area contributed by atoms with E-state index >= 15 is 0 Å². The lowest BCUT2D eigenvalue weighted by Gasteiger charge is -2.11. The SMILES string of the molecule is COC(=O)c1cc(NCCc2ccc(Cl)c(Cl)c2)ccc1OC(C)=O. The summed E-state index contributed by atoms with van der Waals surface area (Å²) >= 11 is 11.9. The predicted molar refractivity (Wildman–Crippen MR) is 97.7 cm³/mol. The Hall–Kier alpha value is -2.24. The second kappa shape index (κ2) is 8.74. The molecule has 2 aromatic carbocycles. The number of ether oxygens (including phenoxy) is 2. The molecular weight excluding hydrogens is 365 g/mol. The quantitative estimate of drug-likeness (QED) is 0.594. The third kappa shape index (κ3) is 5.37. The van der Waals surface area contributed by atoms with Gasteiger partial charge in [0.15, 0.2) is 0 Å². The number of hydrogen-bond donors (Lipinski definition) is 1. The van der Waals surface area contributed by atoms with Crippen LogP contribution in [0.15, 0.2) is 36.4 Å². The molecule has 0 unspecified atom stereocenters. The van der Waals surface area contributed by atoms with Gasteiger partial charge >= 0.3 is 11.9 Å². The number of halogens is 2.